The summed E-state index contributed by atoms with van der Waals surface area (Å²) in [5.41, 5.74) is -3.80. The highest BCUT2D eigenvalue weighted by Gasteiger charge is 2.81. The van der Waals surface area contributed by atoms with Crippen LogP contribution in [0.2, 0.25) is 0 Å². The van der Waals surface area contributed by atoms with E-state index in [-0.39, 0.29) is 13.8 Å². The standard InChI is InChI=1S/C8H6F8O4/c1-5(2,3(17)19-15)7(11,12)8(13,14)6(9,10)4(18)20-16/h1-2H3. The summed E-state index contributed by atoms with van der Waals surface area (Å²) in [4.78, 5) is 24.9. The molecule has 0 fully saturated rings. The molecule has 4 nitrogen and oxygen atoms in total. The molecule has 118 valence electrons. The lowest BCUT2D eigenvalue weighted by atomic mass is 9.80. The lowest BCUT2D eigenvalue weighted by Crippen LogP contribution is -2.64. The highest BCUT2D eigenvalue weighted by atomic mass is 19.3. The number of hydrogen-bond donors (Lipinski definition) is 0. The average molecular weight is 318 g/mol. The van der Waals surface area contributed by atoms with Crippen molar-refractivity contribution in [1.29, 1.82) is 0 Å². The summed E-state index contributed by atoms with van der Waals surface area (Å²) in [6.45, 7) is -0.0840. The van der Waals surface area contributed by atoms with E-state index in [1.807, 2.05) is 0 Å². The Morgan fingerprint density at radius 2 is 1.10 bits per heavy atom. The van der Waals surface area contributed by atoms with Crippen molar-refractivity contribution in [2.75, 3.05) is 0 Å². The SMILES string of the molecule is CC(C)(C(=O)OF)C(F)(F)C(F)(F)C(F)(F)C(=O)OF. The molecule has 0 heterocycles. The first-order valence-electron chi connectivity index (χ1n) is 4.51. The van der Waals surface area contributed by atoms with Gasteiger partial charge in [-0.1, -0.05) is 0 Å². The van der Waals surface area contributed by atoms with Crippen molar-refractivity contribution in [2.45, 2.75) is 31.6 Å². The van der Waals surface area contributed by atoms with E-state index in [1.165, 1.54) is 0 Å². The fourth-order valence-corrected chi connectivity index (χ4v) is 0.991. The largest absolute Gasteiger partial charge is 0.424 e. The maximum absolute atomic E-state index is 13.4. The van der Waals surface area contributed by atoms with Gasteiger partial charge in [0.15, 0.2) is 0 Å². The second-order valence-electron chi connectivity index (χ2n) is 4.08. The van der Waals surface area contributed by atoms with Crippen LogP contribution in [0, 0.1) is 5.41 Å². The second-order valence-corrected chi connectivity index (χ2v) is 4.08. The third kappa shape index (κ3) is 2.26. The van der Waals surface area contributed by atoms with Crippen LogP contribution in [0.5, 0.6) is 0 Å². The van der Waals surface area contributed by atoms with Gasteiger partial charge in [-0.2, -0.15) is 26.3 Å². The fourth-order valence-electron chi connectivity index (χ4n) is 0.991. The topological polar surface area (TPSA) is 52.6 Å². The third-order valence-electron chi connectivity index (χ3n) is 2.48. The zero-order chi connectivity index (χ0) is 16.6. The van der Waals surface area contributed by atoms with Crippen molar-refractivity contribution in [2.24, 2.45) is 5.41 Å². The number of rotatable bonds is 5. The summed E-state index contributed by atoms with van der Waals surface area (Å²) in [5.74, 6) is -25.1. The molecule has 0 bridgehead atoms. The summed E-state index contributed by atoms with van der Waals surface area (Å²) >= 11 is 0. The minimum absolute atomic E-state index is 0.0420. The fraction of sp³-hybridized carbons (Fsp3) is 0.750. The van der Waals surface area contributed by atoms with Gasteiger partial charge in [-0.15, -0.1) is 0 Å². The molecule has 0 N–H and O–H groups in total. The van der Waals surface area contributed by atoms with Gasteiger partial charge in [0.1, 0.15) is 5.41 Å². The maximum atomic E-state index is 13.4. The molecule has 0 atom stereocenters. The van der Waals surface area contributed by atoms with E-state index in [9.17, 15) is 45.0 Å². The third-order valence-corrected chi connectivity index (χ3v) is 2.48. The maximum Gasteiger partial charge on any atom is 0.424 e. The van der Waals surface area contributed by atoms with E-state index in [0.717, 1.165) is 0 Å². The highest BCUT2D eigenvalue weighted by Crippen LogP contribution is 2.54. The molecule has 0 aliphatic carbocycles. The predicted molar refractivity (Wildman–Crippen MR) is 43.0 cm³/mol. The van der Waals surface area contributed by atoms with Crippen LogP contribution < -0.4 is 0 Å². The Morgan fingerprint density at radius 1 is 0.750 bits per heavy atom. The zero-order valence-electron chi connectivity index (χ0n) is 9.66. The number of halogens is 8. The molecule has 20 heavy (non-hydrogen) atoms. The number of alkyl halides is 6. The highest BCUT2D eigenvalue weighted by molar-refractivity contribution is 5.80. The Hall–Kier alpha value is -1.62. The van der Waals surface area contributed by atoms with Crippen molar-refractivity contribution in [3.8, 4) is 0 Å². The van der Waals surface area contributed by atoms with Crippen LogP contribution in [-0.2, 0) is 19.5 Å². The Morgan fingerprint density at radius 3 is 1.40 bits per heavy atom. The van der Waals surface area contributed by atoms with Crippen LogP contribution in [0.3, 0.4) is 0 Å². The monoisotopic (exact) mass is 318 g/mol. The first-order valence-corrected chi connectivity index (χ1v) is 4.51. The van der Waals surface area contributed by atoms with Crippen LogP contribution in [0.4, 0.5) is 35.4 Å². The Labute approximate surface area is 105 Å². The molecule has 0 spiro atoms. The molecular formula is C8H6F8O4. The van der Waals surface area contributed by atoms with E-state index in [4.69, 9.17) is 0 Å². The molecule has 0 amide bonds. The zero-order valence-corrected chi connectivity index (χ0v) is 9.66. The molecule has 0 aromatic heterocycles. The lowest BCUT2D eigenvalue weighted by Gasteiger charge is -2.37. The van der Waals surface area contributed by atoms with Crippen LogP contribution in [-0.4, -0.2) is 29.7 Å². The molecule has 0 aliphatic heterocycles. The van der Waals surface area contributed by atoms with Gasteiger partial charge in [-0.25, -0.2) is 14.5 Å². The first kappa shape index (κ1) is 18.4. The van der Waals surface area contributed by atoms with Crippen LogP contribution >= 0.6 is 0 Å². The number of hydrogen-bond acceptors (Lipinski definition) is 4. The summed E-state index contributed by atoms with van der Waals surface area (Å²) in [7, 11) is 0. The van der Waals surface area contributed by atoms with Gasteiger partial charge in [0.05, 0.1) is 0 Å². The minimum Gasteiger partial charge on any atom is -0.254 e. The van der Waals surface area contributed by atoms with E-state index in [0.29, 0.717) is 0 Å². The summed E-state index contributed by atoms with van der Waals surface area (Å²) < 4.78 is 101. The van der Waals surface area contributed by atoms with E-state index < -0.39 is 35.1 Å². The molecular weight excluding hydrogens is 312 g/mol. The van der Waals surface area contributed by atoms with E-state index in [2.05, 4.69) is 4.94 Å². The minimum atomic E-state index is -6.57. The van der Waals surface area contributed by atoms with Gasteiger partial charge >= 0.3 is 29.7 Å². The van der Waals surface area contributed by atoms with Gasteiger partial charge in [-0.3, -0.25) is 4.94 Å². The predicted octanol–water partition coefficient (Wildman–Crippen LogP) is 2.77. The Balaban J connectivity index is 5.92. The van der Waals surface area contributed by atoms with Crippen LogP contribution in [0.25, 0.3) is 0 Å². The van der Waals surface area contributed by atoms with E-state index in [1.54, 1.807) is 4.94 Å². The van der Waals surface area contributed by atoms with Crippen molar-refractivity contribution in [3.05, 3.63) is 0 Å². The molecule has 0 aromatic rings. The van der Waals surface area contributed by atoms with Crippen molar-refractivity contribution < 1.29 is 54.9 Å². The van der Waals surface area contributed by atoms with Gasteiger partial charge in [0, 0.05) is 9.05 Å². The molecule has 0 rings (SSSR count). The smallest absolute Gasteiger partial charge is 0.254 e. The number of carbonyl (C=O) groups excluding carboxylic acids is 2. The average Bonchev–Trinajstić information content (AvgIpc) is 2.35. The molecule has 0 saturated carbocycles. The van der Waals surface area contributed by atoms with Crippen molar-refractivity contribution in [3.63, 3.8) is 0 Å². The normalized spacial score (nSPS) is 13.9. The Bertz CT molecular complexity index is 367. The van der Waals surface area contributed by atoms with E-state index >= 15 is 0 Å². The second kappa shape index (κ2) is 5.05. The molecule has 0 unspecified atom stereocenters. The van der Waals surface area contributed by atoms with Crippen molar-refractivity contribution >= 4 is 11.9 Å². The van der Waals surface area contributed by atoms with Crippen LogP contribution in [0.1, 0.15) is 13.8 Å². The summed E-state index contributed by atoms with van der Waals surface area (Å²) in [6, 6.07) is 0. The van der Waals surface area contributed by atoms with Gasteiger partial charge in [0.2, 0.25) is 0 Å². The quantitative estimate of drug-likeness (QED) is 0.732. The molecule has 0 radical (unpaired) electrons. The van der Waals surface area contributed by atoms with Gasteiger partial charge < -0.3 is 0 Å². The van der Waals surface area contributed by atoms with Crippen LogP contribution in [0.15, 0.2) is 0 Å². The summed E-state index contributed by atoms with van der Waals surface area (Å²) in [6.07, 6.45) is 0. The molecule has 0 aliphatic rings. The first-order chi connectivity index (χ1) is 8.71. The summed E-state index contributed by atoms with van der Waals surface area (Å²) in [5, 5.41) is 0. The molecule has 0 aromatic carbocycles. The van der Waals surface area contributed by atoms with Crippen molar-refractivity contribution in [1.82, 2.24) is 0 Å². The lowest BCUT2D eigenvalue weighted by molar-refractivity contribution is -0.339. The van der Waals surface area contributed by atoms with Gasteiger partial charge in [-0.05, 0) is 13.8 Å². The van der Waals surface area contributed by atoms with Gasteiger partial charge in [0.25, 0.3) is 0 Å². The molecule has 0 saturated heterocycles. The Kier molecular flexibility index (Phi) is 4.64. The molecule has 12 heteroatoms. The number of carbonyl (C=O) groups is 2.